The van der Waals surface area contributed by atoms with Gasteiger partial charge >= 0.3 is 0 Å². The number of aryl methyl sites for hydroxylation is 1. The Hall–Kier alpha value is -1.16. The molecule has 1 aromatic rings. The monoisotopic (exact) mass is 304 g/mol. The van der Waals surface area contributed by atoms with E-state index in [0.717, 1.165) is 30.5 Å². The van der Waals surface area contributed by atoms with Gasteiger partial charge in [-0.3, -0.25) is 4.90 Å². The second kappa shape index (κ2) is 9.09. The Bertz CT molecular complexity index is 404. The van der Waals surface area contributed by atoms with Gasteiger partial charge in [0.05, 0.1) is 5.69 Å². The van der Waals surface area contributed by atoms with E-state index in [1.165, 1.54) is 51.7 Å². The normalized spacial score (nSPS) is 20.4. The predicted octanol–water partition coefficient (Wildman–Crippen LogP) is 3.51. The van der Waals surface area contributed by atoms with Crippen molar-refractivity contribution in [1.29, 1.82) is 0 Å². The summed E-state index contributed by atoms with van der Waals surface area (Å²) in [7, 11) is 0. The molecule has 0 bridgehead atoms. The molecule has 4 heteroatoms. The van der Waals surface area contributed by atoms with Crippen LogP contribution in [0.3, 0.4) is 0 Å². The summed E-state index contributed by atoms with van der Waals surface area (Å²) in [5.74, 6) is 1.99. The maximum atomic E-state index is 4.30. The lowest BCUT2D eigenvalue weighted by atomic mass is 9.89. The van der Waals surface area contributed by atoms with Crippen molar-refractivity contribution in [2.24, 2.45) is 5.92 Å². The first-order chi connectivity index (χ1) is 10.8. The summed E-state index contributed by atoms with van der Waals surface area (Å²) in [6.07, 6.45) is 7.25. The second-order valence-corrected chi connectivity index (χ2v) is 6.32. The molecule has 3 rings (SSSR count). The lowest BCUT2D eigenvalue weighted by Crippen LogP contribution is -2.48. The first-order valence-electron chi connectivity index (χ1n) is 9.09. The average Bonchev–Trinajstić information content (AvgIpc) is 2.59. The van der Waals surface area contributed by atoms with Gasteiger partial charge in [-0.2, -0.15) is 5.10 Å². The molecule has 0 amide bonds. The van der Waals surface area contributed by atoms with Crippen molar-refractivity contribution in [3.63, 3.8) is 0 Å². The van der Waals surface area contributed by atoms with Crippen LogP contribution in [0.5, 0.6) is 0 Å². The molecule has 1 aliphatic heterocycles. The minimum Gasteiger partial charge on any atom is -0.353 e. The van der Waals surface area contributed by atoms with Crippen LogP contribution in [0.4, 0.5) is 5.82 Å². The van der Waals surface area contributed by atoms with Gasteiger partial charge in [0.2, 0.25) is 0 Å². The largest absolute Gasteiger partial charge is 0.353 e. The summed E-state index contributed by atoms with van der Waals surface area (Å²) in [4.78, 5) is 5.01. The molecular formula is C18H32N4. The lowest BCUT2D eigenvalue weighted by molar-refractivity contribution is 0.191. The number of piperazine rings is 1. The predicted molar refractivity (Wildman–Crippen MR) is 93.3 cm³/mol. The smallest absolute Gasteiger partial charge is 0.151 e. The third kappa shape index (κ3) is 4.94. The Balaban J connectivity index is 0.000000847. The molecule has 4 nitrogen and oxygen atoms in total. The first-order valence-corrected chi connectivity index (χ1v) is 9.09. The highest BCUT2D eigenvalue weighted by Crippen LogP contribution is 2.25. The molecule has 2 heterocycles. The molecule has 0 spiro atoms. The summed E-state index contributed by atoms with van der Waals surface area (Å²) in [5, 5.41) is 8.46. The lowest BCUT2D eigenvalue weighted by Gasteiger charge is -2.37. The van der Waals surface area contributed by atoms with E-state index in [0.29, 0.717) is 0 Å². The van der Waals surface area contributed by atoms with Crippen molar-refractivity contribution in [1.82, 2.24) is 15.1 Å². The highest BCUT2D eigenvalue weighted by Gasteiger charge is 2.22. The van der Waals surface area contributed by atoms with E-state index in [2.05, 4.69) is 32.1 Å². The van der Waals surface area contributed by atoms with Crippen LogP contribution >= 0.6 is 0 Å². The molecule has 1 aliphatic carbocycles. The van der Waals surface area contributed by atoms with Crippen LogP contribution in [0.25, 0.3) is 0 Å². The van der Waals surface area contributed by atoms with Gasteiger partial charge < -0.3 is 4.90 Å². The fourth-order valence-electron chi connectivity index (χ4n) is 3.45. The second-order valence-electron chi connectivity index (χ2n) is 6.32. The molecule has 0 N–H and O–H groups in total. The van der Waals surface area contributed by atoms with E-state index in [1.807, 2.05) is 20.8 Å². The highest BCUT2D eigenvalue weighted by atomic mass is 15.3. The van der Waals surface area contributed by atoms with Gasteiger partial charge in [0.25, 0.3) is 0 Å². The molecule has 1 aromatic heterocycles. The van der Waals surface area contributed by atoms with Crippen LogP contribution in [-0.4, -0.2) is 47.8 Å². The fourth-order valence-corrected chi connectivity index (χ4v) is 3.45. The molecule has 0 unspecified atom stereocenters. The third-order valence-corrected chi connectivity index (χ3v) is 4.72. The van der Waals surface area contributed by atoms with Gasteiger partial charge in [-0.25, -0.2) is 0 Å². The zero-order valence-corrected chi connectivity index (χ0v) is 14.6. The quantitative estimate of drug-likeness (QED) is 0.855. The fraction of sp³-hybridized carbons (Fsp3) is 0.778. The van der Waals surface area contributed by atoms with Crippen LogP contribution in [0.2, 0.25) is 0 Å². The van der Waals surface area contributed by atoms with Gasteiger partial charge in [0.1, 0.15) is 0 Å². The number of rotatable bonds is 3. The van der Waals surface area contributed by atoms with Crippen LogP contribution in [0.1, 0.15) is 51.6 Å². The molecule has 124 valence electrons. The zero-order chi connectivity index (χ0) is 15.8. The molecule has 0 aromatic carbocycles. The molecule has 2 fully saturated rings. The number of aromatic nitrogens is 2. The minimum absolute atomic E-state index is 0.953. The Kier molecular flexibility index (Phi) is 7.10. The summed E-state index contributed by atoms with van der Waals surface area (Å²) >= 11 is 0. The topological polar surface area (TPSA) is 32.3 Å². The maximum absolute atomic E-state index is 4.30. The molecule has 1 saturated carbocycles. The van der Waals surface area contributed by atoms with E-state index in [9.17, 15) is 0 Å². The molecule has 0 radical (unpaired) electrons. The minimum atomic E-state index is 0.953. The Morgan fingerprint density at radius 1 is 0.955 bits per heavy atom. The number of anilines is 1. The number of hydrogen-bond acceptors (Lipinski definition) is 4. The summed E-state index contributed by atoms with van der Waals surface area (Å²) in [5.41, 5.74) is 0.990. The molecule has 2 aliphatic rings. The summed E-state index contributed by atoms with van der Waals surface area (Å²) in [6, 6.07) is 4.15. The average molecular weight is 304 g/mol. The molecule has 1 saturated heterocycles. The van der Waals surface area contributed by atoms with E-state index in [-0.39, 0.29) is 0 Å². The zero-order valence-electron chi connectivity index (χ0n) is 14.6. The van der Waals surface area contributed by atoms with Crippen LogP contribution in [0, 0.1) is 12.8 Å². The van der Waals surface area contributed by atoms with Crippen molar-refractivity contribution in [3.8, 4) is 0 Å². The van der Waals surface area contributed by atoms with E-state index in [1.54, 1.807) is 0 Å². The SMILES string of the molecule is CC.Cc1ccc(N2CCN(CC3CCCCC3)CC2)nn1. The Morgan fingerprint density at radius 3 is 2.23 bits per heavy atom. The van der Waals surface area contributed by atoms with Crippen LogP contribution in [-0.2, 0) is 0 Å². The van der Waals surface area contributed by atoms with Crippen molar-refractivity contribution in [3.05, 3.63) is 17.8 Å². The van der Waals surface area contributed by atoms with Crippen molar-refractivity contribution < 1.29 is 0 Å². The summed E-state index contributed by atoms with van der Waals surface area (Å²) < 4.78 is 0. The summed E-state index contributed by atoms with van der Waals surface area (Å²) in [6.45, 7) is 11.8. The van der Waals surface area contributed by atoms with Crippen molar-refractivity contribution in [2.75, 3.05) is 37.6 Å². The third-order valence-electron chi connectivity index (χ3n) is 4.72. The van der Waals surface area contributed by atoms with Crippen LogP contribution in [0.15, 0.2) is 12.1 Å². The van der Waals surface area contributed by atoms with Crippen molar-refractivity contribution in [2.45, 2.75) is 52.9 Å². The van der Waals surface area contributed by atoms with Crippen molar-refractivity contribution >= 4 is 5.82 Å². The van der Waals surface area contributed by atoms with Gasteiger partial charge in [0.15, 0.2) is 5.82 Å². The van der Waals surface area contributed by atoms with Gasteiger partial charge in [-0.1, -0.05) is 33.1 Å². The first kappa shape index (κ1) is 17.2. The van der Waals surface area contributed by atoms with E-state index < -0.39 is 0 Å². The maximum Gasteiger partial charge on any atom is 0.151 e. The Morgan fingerprint density at radius 2 is 1.64 bits per heavy atom. The number of hydrogen-bond donors (Lipinski definition) is 0. The highest BCUT2D eigenvalue weighted by molar-refractivity contribution is 5.37. The van der Waals surface area contributed by atoms with E-state index in [4.69, 9.17) is 0 Å². The standard InChI is InChI=1S/C16H26N4.C2H6/c1-14-7-8-16(18-17-14)20-11-9-19(10-12-20)13-15-5-3-2-4-6-15;1-2/h7-8,15H,2-6,9-13H2,1H3;1-2H3. The van der Waals surface area contributed by atoms with E-state index >= 15 is 0 Å². The van der Waals surface area contributed by atoms with Gasteiger partial charge in [0, 0.05) is 32.7 Å². The van der Waals surface area contributed by atoms with Gasteiger partial charge in [-0.15, -0.1) is 5.10 Å². The van der Waals surface area contributed by atoms with Crippen LogP contribution < -0.4 is 4.90 Å². The molecular weight excluding hydrogens is 272 g/mol. The van der Waals surface area contributed by atoms with Gasteiger partial charge in [-0.05, 0) is 37.8 Å². The molecule has 22 heavy (non-hydrogen) atoms. The number of nitrogens with zero attached hydrogens (tertiary/aromatic N) is 4. The Labute approximate surface area is 135 Å². The molecule has 0 atom stereocenters.